The van der Waals surface area contributed by atoms with Gasteiger partial charge in [-0.3, -0.25) is 4.79 Å². The first-order valence-corrected chi connectivity index (χ1v) is 12.3. The number of aromatic nitrogens is 2. The van der Waals surface area contributed by atoms with E-state index < -0.39 is 5.82 Å². The second kappa shape index (κ2) is 9.09. The number of thiophene rings is 1. The summed E-state index contributed by atoms with van der Waals surface area (Å²) in [5.74, 6) is 0.739. The smallest absolute Gasteiger partial charge is 0.246 e. The molecule has 5 rings (SSSR count). The summed E-state index contributed by atoms with van der Waals surface area (Å²) >= 11 is 1.78. The number of fused-ring (bicyclic) bond motifs is 3. The van der Waals surface area contributed by atoms with Crippen LogP contribution in [0.25, 0.3) is 10.2 Å². The topological polar surface area (TPSA) is 69.6 Å². The van der Waals surface area contributed by atoms with E-state index >= 15 is 0 Å². The number of carbonyl (C=O) groups excluding carboxylic acids is 1. The molecule has 3 heterocycles. The highest BCUT2D eigenvalue weighted by Crippen LogP contribution is 2.40. The van der Waals surface area contributed by atoms with Crippen molar-refractivity contribution in [3.63, 3.8) is 0 Å². The van der Waals surface area contributed by atoms with Crippen molar-refractivity contribution in [3.8, 4) is 5.75 Å². The van der Waals surface area contributed by atoms with Gasteiger partial charge in [0, 0.05) is 37.5 Å². The first-order chi connectivity index (χ1) is 16.0. The van der Waals surface area contributed by atoms with Crippen molar-refractivity contribution >= 4 is 33.3 Å². The third-order valence-electron chi connectivity index (χ3n) is 6.56. The average molecular weight is 467 g/mol. The summed E-state index contributed by atoms with van der Waals surface area (Å²) in [6.45, 7) is 6.33. The molecule has 33 heavy (non-hydrogen) atoms. The van der Waals surface area contributed by atoms with E-state index in [0.717, 1.165) is 48.0 Å². The van der Waals surface area contributed by atoms with E-state index in [1.54, 1.807) is 17.4 Å². The number of aromatic hydroxyl groups is 1. The lowest BCUT2D eigenvalue weighted by Crippen LogP contribution is -2.48. The maximum atomic E-state index is 13.7. The van der Waals surface area contributed by atoms with Crippen molar-refractivity contribution in [1.82, 2.24) is 14.9 Å². The highest BCUT2D eigenvalue weighted by atomic mass is 32.1. The molecule has 0 saturated carbocycles. The minimum Gasteiger partial charge on any atom is -0.505 e. The van der Waals surface area contributed by atoms with Crippen LogP contribution in [0.1, 0.15) is 34.7 Å². The number of piperazine rings is 1. The predicted octanol–water partition coefficient (Wildman–Crippen LogP) is 4.03. The highest BCUT2D eigenvalue weighted by Gasteiger charge is 2.27. The number of aryl methyl sites for hydroxylation is 4. The molecule has 2 aromatic heterocycles. The van der Waals surface area contributed by atoms with Crippen molar-refractivity contribution in [2.24, 2.45) is 0 Å². The number of nitrogens with zero attached hydrogens (tertiary/aromatic N) is 4. The fourth-order valence-corrected chi connectivity index (χ4v) is 6.03. The SMILES string of the molecule is C=CC(=O)N1CCN(c2nc(CCc3ccc(O)c(F)c3)nc3sc4c(c23)CCCC4)CC1. The molecule has 0 radical (unpaired) electrons. The van der Waals surface area contributed by atoms with Crippen LogP contribution in [-0.4, -0.2) is 52.1 Å². The van der Waals surface area contributed by atoms with Crippen LogP contribution in [0.5, 0.6) is 5.75 Å². The zero-order chi connectivity index (χ0) is 22.9. The summed E-state index contributed by atoms with van der Waals surface area (Å²) in [5.41, 5.74) is 2.20. The Kier molecular flexibility index (Phi) is 6.01. The molecule has 0 bridgehead atoms. The van der Waals surface area contributed by atoms with Crippen LogP contribution in [0, 0.1) is 5.82 Å². The second-order valence-corrected chi connectivity index (χ2v) is 9.74. The molecule has 1 aromatic carbocycles. The van der Waals surface area contributed by atoms with Crippen molar-refractivity contribution in [3.05, 3.63) is 58.5 Å². The number of rotatable bonds is 5. The van der Waals surface area contributed by atoms with E-state index in [9.17, 15) is 14.3 Å². The lowest BCUT2D eigenvalue weighted by molar-refractivity contribution is -0.126. The van der Waals surface area contributed by atoms with Gasteiger partial charge in [0.25, 0.3) is 0 Å². The van der Waals surface area contributed by atoms with Gasteiger partial charge < -0.3 is 14.9 Å². The Morgan fingerprint density at radius 3 is 2.70 bits per heavy atom. The van der Waals surface area contributed by atoms with Gasteiger partial charge in [-0.25, -0.2) is 14.4 Å². The van der Waals surface area contributed by atoms with Gasteiger partial charge in [0.05, 0.1) is 5.39 Å². The van der Waals surface area contributed by atoms with Gasteiger partial charge in [-0.1, -0.05) is 12.6 Å². The number of benzene rings is 1. The van der Waals surface area contributed by atoms with Gasteiger partial charge in [0.1, 0.15) is 16.5 Å². The molecule has 172 valence electrons. The molecule has 1 amide bonds. The number of anilines is 1. The summed E-state index contributed by atoms with van der Waals surface area (Å²) in [5, 5.41) is 10.6. The van der Waals surface area contributed by atoms with Crippen LogP contribution in [0.2, 0.25) is 0 Å². The van der Waals surface area contributed by atoms with Gasteiger partial charge in [-0.05, 0) is 61.4 Å². The van der Waals surface area contributed by atoms with Gasteiger partial charge in [-0.15, -0.1) is 11.3 Å². The average Bonchev–Trinajstić information content (AvgIpc) is 3.22. The van der Waals surface area contributed by atoms with Crippen LogP contribution in [-0.2, 0) is 30.5 Å². The molecular weight excluding hydrogens is 439 g/mol. The van der Waals surface area contributed by atoms with E-state index in [-0.39, 0.29) is 11.7 Å². The molecule has 1 aliphatic carbocycles. The molecule has 1 fully saturated rings. The van der Waals surface area contributed by atoms with Gasteiger partial charge >= 0.3 is 0 Å². The quantitative estimate of drug-likeness (QED) is 0.575. The molecule has 0 atom stereocenters. The Balaban J connectivity index is 1.46. The van der Waals surface area contributed by atoms with E-state index in [2.05, 4.69) is 11.5 Å². The molecule has 1 aliphatic heterocycles. The molecule has 2 aliphatic rings. The number of phenolic OH excluding ortho intramolecular Hbond substituents is 1. The van der Waals surface area contributed by atoms with E-state index in [0.29, 0.717) is 25.9 Å². The number of amides is 1. The first-order valence-electron chi connectivity index (χ1n) is 11.5. The van der Waals surface area contributed by atoms with E-state index in [4.69, 9.17) is 9.97 Å². The minimum absolute atomic E-state index is 0.0304. The van der Waals surface area contributed by atoms with Crippen LogP contribution < -0.4 is 4.90 Å². The Bertz CT molecular complexity index is 1220. The number of hydrogen-bond donors (Lipinski definition) is 1. The maximum absolute atomic E-state index is 13.7. The summed E-state index contributed by atoms with van der Waals surface area (Å²) in [6.07, 6.45) is 7.11. The summed E-state index contributed by atoms with van der Waals surface area (Å²) in [4.78, 5) is 28.5. The lowest BCUT2D eigenvalue weighted by Gasteiger charge is -2.35. The Morgan fingerprint density at radius 1 is 1.15 bits per heavy atom. The predicted molar refractivity (Wildman–Crippen MR) is 129 cm³/mol. The zero-order valence-electron chi connectivity index (χ0n) is 18.5. The van der Waals surface area contributed by atoms with Gasteiger partial charge in [0.2, 0.25) is 5.91 Å². The van der Waals surface area contributed by atoms with Crippen LogP contribution in [0.4, 0.5) is 10.2 Å². The second-order valence-electron chi connectivity index (χ2n) is 8.66. The highest BCUT2D eigenvalue weighted by molar-refractivity contribution is 7.19. The van der Waals surface area contributed by atoms with Crippen molar-refractivity contribution in [2.45, 2.75) is 38.5 Å². The molecular formula is C25H27FN4O2S. The van der Waals surface area contributed by atoms with Crippen LogP contribution in [0.15, 0.2) is 30.9 Å². The molecule has 3 aromatic rings. The fraction of sp³-hybridized carbons (Fsp3) is 0.400. The standard InChI is InChI=1S/C25H27FN4O2S/c1-2-22(32)29-11-13-30(14-12-29)24-23-17-5-3-4-6-20(17)33-25(23)28-21(27-24)10-8-16-7-9-19(31)18(26)15-16/h2,7,9,15,31H,1,3-6,8,10-14H2. The number of halogens is 1. The fourth-order valence-electron chi connectivity index (χ4n) is 4.75. The molecule has 1 N–H and O–H groups in total. The van der Waals surface area contributed by atoms with E-state index in [1.165, 1.54) is 46.9 Å². The summed E-state index contributed by atoms with van der Waals surface area (Å²) in [6, 6.07) is 4.49. The number of phenols is 1. The normalized spacial score (nSPS) is 16.2. The minimum atomic E-state index is -0.609. The Hall–Kier alpha value is -3.00. The molecule has 8 heteroatoms. The summed E-state index contributed by atoms with van der Waals surface area (Å²) in [7, 11) is 0. The molecule has 0 unspecified atom stereocenters. The molecule has 0 spiro atoms. The van der Waals surface area contributed by atoms with Crippen LogP contribution >= 0.6 is 11.3 Å². The third kappa shape index (κ3) is 4.31. The zero-order valence-corrected chi connectivity index (χ0v) is 19.3. The largest absolute Gasteiger partial charge is 0.505 e. The molecule has 1 saturated heterocycles. The number of carbonyl (C=O) groups is 1. The number of hydrogen-bond acceptors (Lipinski definition) is 6. The monoisotopic (exact) mass is 466 g/mol. The maximum Gasteiger partial charge on any atom is 0.246 e. The van der Waals surface area contributed by atoms with Crippen molar-refractivity contribution < 1.29 is 14.3 Å². The Morgan fingerprint density at radius 2 is 1.94 bits per heavy atom. The van der Waals surface area contributed by atoms with Crippen LogP contribution in [0.3, 0.4) is 0 Å². The van der Waals surface area contributed by atoms with Gasteiger partial charge in [0.15, 0.2) is 11.6 Å². The first kappa shape index (κ1) is 21.8. The molecule has 6 nitrogen and oxygen atoms in total. The van der Waals surface area contributed by atoms with Crippen molar-refractivity contribution in [2.75, 3.05) is 31.1 Å². The van der Waals surface area contributed by atoms with Crippen molar-refractivity contribution in [1.29, 1.82) is 0 Å². The lowest BCUT2D eigenvalue weighted by atomic mass is 9.96. The third-order valence-corrected chi connectivity index (χ3v) is 7.74. The van der Waals surface area contributed by atoms with E-state index in [1.807, 2.05) is 4.90 Å². The summed E-state index contributed by atoms with van der Waals surface area (Å²) < 4.78 is 13.7. The van der Waals surface area contributed by atoms with Gasteiger partial charge in [-0.2, -0.15) is 0 Å². The Labute approximate surface area is 196 Å².